The lowest BCUT2D eigenvalue weighted by molar-refractivity contribution is -0.140. The van der Waals surface area contributed by atoms with Gasteiger partial charge in [-0.2, -0.15) is 4.31 Å². The Morgan fingerprint density at radius 2 is 1.71 bits per heavy atom. The smallest absolute Gasteiger partial charge is 0.342 e. The van der Waals surface area contributed by atoms with Crippen molar-refractivity contribution in [1.82, 2.24) is 4.31 Å². The van der Waals surface area contributed by atoms with E-state index in [1.807, 2.05) is 0 Å². The van der Waals surface area contributed by atoms with Crippen LogP contribution >= 0.6 is 0 Å². The lowest BCUT2D eigenvalue weighted by Crippen LogP contribution is -2.33. The van der Waals surface area contributed by atoms with Gasteiger partial charge in [0.1, 0.15) is 28.5 Å². The van der Waals surface area contributed by atoms with Crippen LogP contribution in [0.15, 0.2) is 9.31 Å². The van der Waals surface area contributed by atoms with E-state index in [1.54, 1.807) is 0 Å². The summed E-state index contributed by atoms with van der Waals surface area (Å²) in [5, 5.41) is 0. The number of sulfonamides is 1. The summed E-state index contributed by atoms with van der Waals surface area (Å²) in [7, 11) is -0.612. The van der Waals surface area contributed by atoms with Gasteiger partial charge in [-0.05, 0) is 13.8 Å². The highest BCUT2D eigenvalue weighted by molar-refractivity contribution is 7.89. The number of nitrogens with zero attached hydrogens (tertiary/aromatic N) is 1. The molecule has 0 aliphatic carbocycles. The van der Waals surface area contributed by atoms with Crippen LogP contribution < -0.4 is 0 Å². The van der Waals surface area contributed by atoms with Crippen molar-refractivity contribution in [3.8, 4) is 0 Å². The van der Waals surface area contributed by atoms with Crippen LogP contribution in [0.1, 0.15) is 21.9 Å². The zero-order valence-corrected chi connectivity index (χ0v) is 13.2. The number of aryl methyl sites for hydroxylation is 2. The second-order valence-electron chi connectivity index (χ2n) is 4.25. The molecule has 8 nitrogen and oxygen atoms in total. The van der Waals surface area contributed by atoms with Crippen molar-refractivity contribution in [3.63, 3.8) is 0 Å². The molecule has 118 valence electrons. The monoisotopic (exact) mass is 319 g/mol. The number of ether oxygens (including phenoxy) is 2. The fourth-order valence-electron chi connectivity index (χ4n) is 1.80. The first kappa shape index (κ1) is 17.2. The van der Waals surface area contributed by atoms with Crippen molar-refractivity contribution in [2.45, 2.75) is 18.7 Å². The Kier molecular flexibility index (Phi) is 5.13. The molecule has 9 heteroatoms. The summed E-state index contributed by atoms with van der Waals surface area (Å²) in [6.45, 7) is 2.39. The maximum absolute atomic E-state index is 12.5. The lowest BCUT2D eigenvalue weighted by atomic mass is 10.2. The van der Waals surface area contributed by atoms with Crippen LogP contribution in [0.2, 0.25) is 0 Å². The maximum Gasteiger partial charge on any atom is 0.342 e. The zero-order valence-electron chi connectivity index (χ0n) is 12.4. The van der Waals surface area contributed by atoms with Gasteiger partial charge in [0.05, 0.1) is 14.2 Å². The number of hydrogen-bond donors (Lipinski definition) is 0. The van der Waals surface area contributed by atoms with E-state index >= 15 is 0 Å². The molecule has 1 heterocycles. The van der Waals surface area contributed by atoms with Crippen LogP contribution in [0.25, 0.3) is 0 Å². The van der Waals surface area contributed by atoms with Crippen LogP contribution in [0.3, 0.4) is 0 Å². The third-order valence-electron chi connectivity index (χ3n) is 2.84. The molecule has 0 spiro atoms. The van der Waals surface area contributed by atoms with Crippen molar-refractivity contribution in [2.24, 2.45) is 0 Å². The molecule has 0 aliphatic rings. The van der Waals surface area contributed by atoms with Gasteiger partial charge in [-0.25, -0.2) is 13.2 Å². The highest BCUT2D eigenvalue weighted by Crippen LogP contribution is 2.29. The Labute approximate surface area is 122 Å². The minimum Gasteiger partial charge on any atom is -0.468 e. The molecule has 0 N–H and O–H groups in total. The normalized spacial score (nSPS) is 11.5. The molecule has 0 aromatic carbocycles. The van der Waals surface area contributed by atoms with Crippen molar-refractivity contribution in [1.29, 1.82) is 0 Å². The molecule has 0 saturated carbocycles. The third-order valence-corrected chi connectivity index (χ3v) is 4.80. The summed E-state index contributed by atoms with van der Waals surface area (Å²) in [5.74, 6) is -1.37. The molecular formula is C12H17NO7S. The third kappa shape index (κ3) is 3.24. The van der Waals surface area contributed by atoms with Gasteiger partial charge in [0.25, 0.3) is 0 Å². The van der Waals surface area contributed by atoms with Crippen molar-refractivity contribution >= 4 is 22.0 Å². The fourth-order valence-corrected chi connectivity index (χ4v) is 3.28. The summed E-state index contributed by atoms with van der Waals surface area (Å²) >= 11 is 0. The number of hydrogen-bond acceptors (Lipinski definition) is 7. The fraction of sp³-hybridized carbons (Fsp3) is 0.500. The molecule has 21 heavy (non-hydrogen) atoms. The largest absolute Gasteiger partial charge is 0.468 e. The molecule has 0 fully saturated rings. The van der Waals surface area contributed by atoms with Gasteiger partial charge in [0.15, 0.2) is 0 Å². The molecule has 1 aromatic heterocycles. The molecule has 0 unspecified atom stereocenters. The van der Waals surface area contributed by atoms with Gasteiger partial charge in [-0.3, -0.25) is 4.79 Å². The van der Waals surface area contributed by atoms with Crippen LogP contribution in [-0.2, 0) is 24.3 Å². The number of furan rings is 1. The maximum atomic E-state index is 12.5. The van der Waals surface area contributed by atoms with E-state index < -0.39 is 28.5 Å². The topological polar surface area (TPSA) is 103 Å². The molecule has 0 radical (unpaired) electrons. The van der Waals surface area contributed by atoms with Crippen LogP contribution in [0, 0.1) is 13.8 Å². The molecule has 1 aromatic rings. The Balaban J connectivity index is 3.38. The highest BCUT2D eigenvalue weighted by atomic mass is 32.2. The van der Waals surface area contributed by atoms with Gasteiger partial charge < -0.3 is 13.9 Å². The van der Waals surface area contributed by atoms with Crippen molar-refractivity contribution in [3.05, 3.63) is 17.1 Å². The van der Waals surface area contributed by atoms with Gasteiger partial charge in [0, 0.05) is 7.05 Å². The van der Waals surface area contributed by atoms with Gasteiger partial charge >= 0.3 is 11.9 Å². The summed E-state index contributed by atoms with van der Waals surface area (Å²) < 4.78 is 40.0. The van der Waals surface area contributed by atoms with Crippen LogP contribution in [0.5, 0.6) is 0 Å². The number of carbonyl (C=O) groups is 2. The first-order valence-electron chi connectivity index (χ1n) is 5.88. The van der Waals surface area contributed by atoms with Crippen LogP contribution in [0.4, 0.5) is 0 Å². The van der Waals surface area contributed by atoms with Gasteiger partial charge in [0.2, 0.25) is 10.0 Å². The second-order valence-corrected chi connectivity index (χ2v) is 6.23. The number of likely N-dealkylation sites (N-methyl/N-ethyl adjacent to an activating group) is 1. The molecule has 0 amide bonds. The van der Waals surface area contributed by atoms with E-state index in [9.17, 15) is 18.0 Å². The van der Waals surface area contributed by atoms with Gasteiger partial charge in [-0.1, -0.05) is 0 Å². The first-order chi connectivity index (χ1) is 9.66. The summed E-state index contributed by atoms with van der Waals surface area (Å²) in [6, 6.07) is 0. The molecule has 0 saturated heterocycles. The van der Waals surface area contributed by atoms with Crippen LogP contribution in [-0.4, -0.2) is 52.5 Å². The minimum absolute atomic E-state index is 0.0459. The van der Waals surface area contributed by atoms with E-state index in [1.165, 1.54) is 20.9 Å². The predicted octanol–water partition coefficient (Wildman–Crippen LogP) is 0.477. The van der Waals surface area contributed by atoms with E-state index in [0.717, 1.165) is 18.5 Å². The Morgan fingerprint density at radius 1 is 1.14 bits per heavy atom. The van der Waals surface area contributed by atoms with Crippen molar-refractivity contribution < 1.29 is 31.9 Å². The molecular weight excluding hydrogens is 302 g/mol. The Hall–Kier alpha value is -1.87. The van der Waals surface area contributed by atoms with E-state index in [-0.39, 0.29) is 22.0 Å². The predicted molar refractivity (Wildman–Crippen MR) is 71.4 cm³/mol. The lowest BCUT2D eigenvalue weighted by Gasteiger charge is -2.16. The summed E-state index contributed by atoms with van der Waals surface area (Å²) in [5.41, 5.74) is -0.174. The molecule has 0 bridgehead atoms. The summed E-state index contributed by atoms with van der Waals surface area (Å²) in [4.78, 5) is 22.7. The second kappa shape index (κ2) is 6.27. The van der Waals surface area contributed by atoms with E-state index in [0.29, 0.717) is 0 Å². The van der Waals surface area contributed by atoms with Gasteiger partial charge in [-0.15, -0.1) is 0 Å². The molecule has 0 aliphatic heterocycles. The van der Waals surface area contributed by atoms with E-state index in [4.69, 9.17) is 4.42 Å². The molecule has 1 rings (SSSR count). The highest BCUT2D eigenvalue weighted by Gasteiger charge is 2.34. The number of carbonyl (C=O) groups excluding carboxylic acids is 2. The number of rotatable bonds is 5. The first-order valence-corrected chi connectivity index (χ1v) is 7.32. The van der Waals surface area contributed by atoms with Crippen molar-refractivity contribution in [2.75, 3.05) is 27.8 Å². The average molecular weight is 319 g/mol. The number of methoxy groups -OCH3 is 2. The standard InChI is InChI=1S/C12H17NO7S/c1-7-10(12(15)19-5)11(8(2)20-7)21(16,17)13(3)6-9(14)18-4/h6H2,1-5H3. The molecule has 0 atom stereocenters. The Bertz CT molecular complexity index is 659. The average Bonchev–Trinajstić information content (AvgIpc) is 2.72. The Morgan fingerprint density at radius 3 is 2.19 bits per heavy atom. The zero-order chi connectivity index (χ0) is 16.4. The quantitative estimate of drug-likeness (QED) is 0.727. The number of esters is 2. The SMILES string of the molecule is COC(=O)CN(C)S(=O)(=O)c1c(C)oc(C)c1C(=O)OC. The summed E-state index contributed by atoms with van der Waals surface area (Å²) in [6.07, 6.45) is 0. The van der Waals surface area contributed by atoms with E-state index in [2.05, 4.69) is 9.47 Å². The minimum atomic E-state index is -4.10.